The Balaban J connectivity index is 1.84. The van der Waals surface area contributed by atoms with E-state index in [1.807, 2.05) is 18.6 Å². The van der Waals surface area contributed by atoms with Gasteiger partial charge < -0.3 is 5.32 Å². The second kappa shape index (κ2) is 6.52. The molecule has 1 atom stereocenters. The van der Waals surface area contributed by atoms with Gasteiger partial charge in [0.05, 0.1) is 5.01 Å². The number of likely N-dealkylation sites (N-methyl/N-ethyl adjacent to an activating group) is 1. The van der Waals surface area contributed by atoms with Crippen LogP contribution in [0.2, 0.25) is 0 Å². The molecular formula is C14H18N2S. The van der Waals surface area contributed by atoms with Crippen molar-refractivity contribution in [3.63, 3.8) is 0 Å². The summed E-state index contributed by atoms with van der Waals surface area (Å²) in [6, 6.07) is 11.2. The Morgan fingerprint density at radius 2 is 2.12 bits per heavy atom. The van der Waals surface area contributed by atoms with Crippen molar-refractivity contribution in [2.75, 3.05) is 7.05 Å². The van der Waals surface area contributed by atoms with E-state index in [1.54, 1.807) is 11.3 Å². The first kappa shape index (κ1) is 12.3. The molecule has 90 valence electrons. The van der Waals surface area contributed by atoms with E-state index >= 15 is 0 Å². The fraction of sp³-hybridized carbons (Fsp3) is 0.357. The average Bonchev–Trinajstić information content (AvgIpc) is 2.88. The Morgan fingerprint density at radius 3 is 2.76 bits per heavy atom. The summed E-state index contributed by atoms with van der Waals surface area (Å²) in [5.74, 6) is 0. The summed E-state index contributed by atoms with van der Waals surface area (Å²) in [6.45, 7) is 0. The molecule has 2 aromatic rings. The van der Waals surface area contributed by atoms with Crippen LogP contribution in [0, 0.1) is 0 Å². The van der Waals surface area contributed by atoms with Crippen LogP contribution in [-0.2, 0) is 12.8 Å². The maximum absolute atomic E-state index is 4.34. The van der Waals surface area contributed by atoms with Crippen LogP contribution in [0.4, 0.5) is 0 Å². The predicted octanol–water partition coefficient (Wildman–Crippen LogP) is 2.91. The van der Waals surface area contributed by atoms with Gasteiger partial charge in [0.2, 0.25) is 0 Å². The van der Waals surface area contributed by atoms with Crippen LogP contribution in [0.5, 0.6) is 0 Å². The molecule has 0 aliphatic heterocycles. The van der Waals surface area contributed by atoms with Crippen LogP contribution in [0.25, 0.3) is 0 Å². The molecule has 2 nitrogen and oxygen atoms in total. The molecule has 0 fully saturated rings. The number of hydrogen-bond acceptors (Lipinski definition) is 3. The molecule has 0 saturated heterocycles. The van der Waals surface area contributed by atoms with E-state index in [9.17, 15) is 0 Å². The van der Waals surface area contributed by atoms with Gasteiger partial charge in [0.15, 0.2) is 0 Å². The Morgan fingerprint density at radius 1 is 1.29 bits per heavy atom. The Kier molecular flexibility index (Phi) is 4.71. The highest BCUT2D eigenvalue weighted by atomic mass is 32.1. The predicted molar refractivity (Wildman–Crippen MR) is 73.4 cm³/mol. The van der Waals surface area contributed by atoms with Crippen molar-refractivity contribution in [3.05, 3.63) is 52.5 Å². The Bertz CT molecular complexity index is 411. The monoisotopic (exact) mass is 246 g/mol. The summed E-state index contributed by atoms with van der Waals surface area (Å²) >= 11 is 1.74. The van der Waals surface area contributed by atoms with Crippen LogP contribution < -0.4 is 5.32 Å². The molecule has 3 heteroatoms. The maximum Gasteiger partial charge on any atom is 0.0940 e. The van der Waals surface area contributed by atoms with Gasteiger partial charge in [-0.1, -0.05) is 30.3 Å². The minimum Gasteiger partial charge on any atom is -0.317 e. The number of aromatic nitrogens is 1. The second-order valence-electron chi connectivity index (χ2n) is 4.14. The fourth-order valence-corrected chi connectivity index (χ4v) is 2.60. The smallest absolute Gasteiger partial charge is 0.0940 e. The van der Waals surface area contributed by atoms with Gasteiger partial charge in [-0.15, -0.1) is 11.3 Å². The van der Waals surface area contributed by atoms with E-state index < -0.39 is 0 Å². The molecule has 1 aromatic carbocycles. The molecule has 2 rings (SSSR count). The summed E-state index contributed by atoms with van der Waals surface area (Å²) in [7, 11) is 2.03. The minimum atomic E-state index is 0.515. The fourth-order valence-electron chi connectivity index (χ4n) is 1.90. The van der Waals surface area contributed by atoms with Gasteiger partial charge >= 0.3 is 0 Å². The number of benzene rings is 1. The highest BCUT2D eigenvalue weighted by Crippen LogP contribution is 2.11. The standard InChI is InChI=1S/C14H18N2S/c1-15-13(11-14-16-9-10-17-14)8-7-12-5-3-2-4-6-12/h2-6,9-10,13,15H,7-8,11H2,1H3. The topological polar surface area (TPSA) is 24.9 Å². The molecule has 0 bridgehead atoms. The zero-order valence-corrected chi connectivity index (χ0v) is 10.9. The average molecular weight is 246 g/mol. The molecular weight excluding hydrogens is 228 g/mol. The largest absolute Gasteiger partial charge is 0.317 e. The summed E-state index contributed by atoms with van der Waals surface area (Å²) in [5.41, 5.74) is 1.41. The van der Waals surface area contributed by atoms with Crippen molar-refractivity contribution in [2.45, 2.75) is 25.3 Å². The zero-order valence-electron chi connectivity index (χ0n) is 10.1. The third kappa shape index (κ3) is 3.95. The normalized spacial score (nSPS) is 12.5. The van der Waals surface area contributed by atoms with E-state index in [0.717, 1.165) is 19.3 Å². The first-order chi connectivity index (χ1) is 8.38. The SMILES string of the molecule is CNC(CCc1ccccc1)Cc1nccs1. The van der Waals surface area contributed by atoms with E-state index in [1.165, 1.54) is 10.6 Å². The van der Waals surface area contributed by atoms with Crippen LogP contribution in [0.3, 0.4) is 0 Å². The molecule has 0 spiro atoms. The lowest BCUT2D eigenvalue weighted by Gasteiger charge is -2.14. The van der Waals surface area contributed by atoms with Crippen molar-refractivity contribution < 1.29 is 0 Å². The van der Waals surface area contributed by atoms with Gasteiger partial charge in [-0.3, -0.25) is 0 Å². The first-order valence-electron chi connectivity index (χ1n) is 5.98. The summed E-state index contributed by atoms with van der Waals surface area (Å²) < 4.78 is 0. The lowest BCUT2D eigenvalue weighted by molar-refractivity contribution is 0.519. The van der Waals surface area contributed by atoms with Crippen LogP contribution in [0.15, 0.2) is 41.9 Å². The molecule has 0 aliphatic carbocycles. The molecule has 0 aliphatic rings. The Labute approximate surface area is 107 Å². The molecule has 1 aromatic heterocycles. The number of aryl methyl sites for hydroxylation is 1. The number of nitrogens with one attached hydrogen (secondary N) is 1. The van der Waals surface area contributed by atoms with Crippen molar-refractivity contribution in [2.24, 2.45) is 0 Å². The number of rotatable bonds is 6. The van der Waals surface area contributed by atoms with Gasteiger partial charge in [-0.05, 0) is 25.5 Å². The third-order valence-electron chi connectivity index (χ3n) is 2.94. The van der Waals surface area contributed by atoms with Gasteiger partial charge in [0.1, 0.15) is 0 Å². The van der Waals surface area contributed by atoms with Crippen molar-refractivity contribution >= 4 is 11.3 Å². The van der Waals surface area contributed by atoms with E-state index in [4.69, 9.17) is 0 Å². The van der Waals surface area contributed by atoms with E-state index in [0.29, 0.717) is 6.04 Å². The van der Waals surface area contributed by atoms with Crippen LogP contribution in [-0.4, -0.2) is 18.1 Å². The molecule has 0 saturated carbocycles. The highest BCUT2D eigenvalue weighted by Gasteiger charge is 2.08. The summed E-state index contributed by atoms with van der Waals surface area (Å²) in [4.78, 5) is 4.34. The van der Waals surface area contributed by atoms with Gasteiger partial charge in [0, 0.05) is 24.0 Å². The number of nitrogens with zero attached hydrogens (tertiary/aromatic N) is 1. The van der Waals surface area contributed by atoms with Crippen LogP contribution in [0.1, 0.15) is 17.0 Å². The summed E-state index contributed by atoms with van der Waals surface area (Å²) in [5, 5.41) is 6.64. The Hall–Kier alpha value is -1.19. The van der Waals surface area contributed by atoms with E-state index in [2.05, 4.69) is 40.6 Å². The van der Waals surface area contributed by atoms with Gasteiger partial charge in [-0.2, -0.15) is 0 Å². The molecule has 1 unspecified atom stereocenters. The zero-order chi connectivity index (χ0) is 11.9. The number of thiazole rings is 1. The van der Waals surface area contributed by atoms with Gasteiger partial charge in [0.25, 0.3) is 0 Å². The second-order valence-corrected chi connectivity index (χ2v) is 5.12. The van der Waals surface area contributed by atoms with Gasteiger partial charge in [-0.25, -0.2) is 4.98 Å². The van der Waals surface area contributed by atoms with Crippen molar-refractivity contribution in [1.29, 1.82) is 0 Å². The number of hydrogen-bond donors (Lipinski definition) is 1. The maximum atomic E-state index is 4.34. The molecule has 17 heavy (non-hydrogen) atoms. The minimum absolute atomic E-state index is 0.515. The summed E-state index contributed by atoms with van der Waals surface area (Å²) in [6.07, 6.45) is 5.18. The molecule has 0 radical (unpaired) electrons. The lowest BCUT2D eigenvalue weighted by Crippen LogP contribution is -2.28. The highest BCUT2D eigenvalue weighted by molar-refractivity contribution is 7.09. The van der Waals surface area contributed by atoms with E-state index in [-0.39, 0.29) is 0 Å². The molecule has 1 heterocycles. The third-order valence-corrected chi connectivity index (χ3v) is 3.74. The van der Waals surface area contributed by atoms with Crippen molar-refractivity contribution in [3.8, 4) is 0 Å². The quantitative estimate of drug-likeness (QED) is 0.847. The molecule has 1 N–H and O–H groups in total. The first-order valence-corrected chi connectivity index (χ1v) is 6.86. The van der Waals surface area contributed by atoms with Crippen LogP contribution >= 0.6 is 11.3 Å². The van der Waals surface area contributed by atoms with Crippen molar-refractivity contribution in [1.82, 2.24) is 10.3 Å². The molecule has 0 amide bonds. The lowest BCUT2D eigenvalue weighted by atomic mass is 10.0.